The van der Waals surface area contributed by atoms with Crippen LogP contribution in [0.5, 0.6) is 0 Å². The number of nitrogens with one attached hydrogen (secondary N) is 2. The van der Waals surface area contributed by atoms with Crippen molar-refractivity contribution in [3.05, 3.63) is 5.82 Å². The molecule has 2 heterocycles. The maximum Gasteiger partial charge on any atom is 0.280 e. The topological polar surface area (TPSA) is 130 Å². The van der Waals surface area contributed by atoms with Gasteiger partial charge >= 0.3 is 0 Å². The fourth-order valence-electron chi connectivity index (χ4n) is 2.02. The molecule has 0 bridgehead atoms. The summed E-state index contributed by atoms with van der Waals surface area (Å²) in [4.78, 5) is 0. The van der Waals surface area contributed by atoms with Gasteiger partial charge in [-0.2, -0.15) is 22.7 Å². The van der Waals surface area contributed by atoms with Gasteiger partial charge in [-0.25, -0.2) is 0 Å². The van der Waals surface area contributed by atoms with Gasteiger partial charge in [0.05, 0.1) is 6.54 Å². The van der Waals surface area contributed by atoms with Gasteiger partial charge in [-0.05, 0) is 12.8 Å². The zero-order valence-electron chi connectivity index (χ0n) is 9.91. The number of nitrogens with two attached hydrogens (primary N) is 1. The van der Waals surface area contributed by atoms with Crippen LogP contribution >= 0.6 is 0 Å². The van der Waals surface area contributed by atoms with E-state index >= 15 is 0 Å². The standard InChI is InChI=1S/C8H17N7O2S/c9-5-7-3-1-2-4-15(7)18(16,17)10-6-8-11-13-14-12-8/h7,10H,1-6,9H2,(H,11,12,13,14). The Morgan fingerprint density at radius 2 is 2.33 bits per heavy atom. The van der Waals surface area contributed by atoms with Crippen LogP contribution in [0, 0.1) is 0 Å². The van der Waals surface area contributed by atoms with Crippen molar-refractivity contribution < 1.29 is 8.42 Å². The average molecular weight is 275 g/mol. The molecule has 4 N–H and O–H groups in total. The molecule has 18 heavy (non-hydrogen) atoms. The lowest BCUT2D eigenvalue weighted by Crippen LogP contribution is -2.51. The summed E-state index contributed by atoms with van der Waals surface area (Å²) in [5, 5.41) is 13.0. The molecular formula is C8H17N7O2S. The van der Waals surface area contributed by atoms with Crippen molar-refractivity contribution in [1.29, 1.82) is 0 Å². The first kappa shape index (κ1) is 13.3. The smallest absolute Gasteiger partial charge is 0.280 e. The molecule has 0 aliphatic carbocycles. The van der Waals surface area contributed by atoms with E-state index in [2.05, 4.69) is 25.3 Å². The normalized spacial score (nSPS) is 22.2. The van der Waals surface area contributed by atoms with Crippen LogP contribution in [-0.4, -0.2) is 52.5 Å². The van der Waals surface area contributed by atoms with E-state index in [4.69, 9.17) is 5.73 Å². The highest BCUT2D eigenvalue weighted by Gasteiger charge is 2.31. The predicted octanol–water partition coefficient (Wildman–Crippen LogP) is -1.65. The second kappa shape index (κ2) is 5.69. The molecule has 9 nitrogen and oxygen atoms in total. The number of hydrogen-bond acceptors (Lipinski definition) is 6. The van der Waals surface area contributed by atoms with Gasteiger partial charge in [0.25, 0.3) is 10.2 Å². The van der Waals surface area contributed by atoms with Gasteiger partial charge in [0, 0.05) is 19.1 Å². The number of rotatable bonds is 5. The molecule has 1 atom stereocenters. The molecule has 0 radical (unpaired) electrons. The Bertz CT molecular complexity index is 460. The highest BCUT2D eigenvalue weighted by Crippen LogP contribution is 2.18. The summed E-state index contributed by atoms with van der Waals surface area (Å²) in [6.07, 6.45) is 2.68. The van der Waals surface area contributed by atoms with Crippen molar-refractivity contribution in [2.45, 2.75) is 31.8 Å². The van der Waals surface area contributed by atoms with E-state index in [1.54, 1.807) is 0 Å². The summed E-state index contributed by atoms with van der Waals surface area (Å²) >= 11 is 0. The summed E-state index contributed by atoms with van der Waals surface area (Å²) in [5.41, 5.74) is 5.61. The van der Waals surface area contributed by atoms with Crippen molar-refractivity contribution >= 4 is 10.2 Å². The largest absolute Gasteiger partial charge is 0.329 e. The van der Waals surface area contributed by atoms with Gasteiger partial charge in [0.1, 0.15) is 0 Å². The molecular weight excluding hydrogens is 258 g/mol. The molecule has 0 aromatic carbocycles. The van der Waals surface area contributed by atoms with E-state index in [-0.39, 0.29) is 12.6 Å². The molecule has 0 saturated carbocycles. The first-order chi connectivity index (χ1) is 8.63. The summed E-state index contributed by atoms with van der Waals surface area (Å²) < 4.78 is 28.1. The Hall–Kier alpha value is -1.10. The molecule has 1 aliphatic rings. The molecule has 2 rings (SSSR count). The second-order valence-corrected chi connectivity index (χ2v) is 5.86. The third kappa shape index (κ3) is 3.02. The van der Waals surface area contributed by atoms with Crippen LogP contribution in [0.2, 0.25) is 0 Å². The van der Waals surface area contributed by atoms with Gasteiger partial charge in [-0.3, -0.25) is 0 Å². The third-order valence-corrected chi connectivity index (χ3v) is 4.56. The minimum Gasteiger partial charge on any atom is -0.329 e. The molecule has 1 aliphatic heterocycles. The van der Waals surface area contributed by atoms with Crippen LogP contribution in [0.4, 0.5) is 0 Å². The van der Waals surface area contributed by atoms with Gasteiger partial charge < -0.3 is 5.73 Å². The number of tetrazole rings is 1. The highest BCUT2D eigenvalue weighted by molar-refractivity contribution is 7.87. The fraction of sp³-hybridized carbons (Fsp3) is 0.875. The van der Waals surface area contributed by atoms with Gasteiger partial charge in [-0.1, -0.05) is 11.6 Å². The first-order valence-corrected chi connectivity index (χ1v) is 7.26. The van der Waals surface area contributed by atoms with Crippen LogP contribution < -0.4 is 10.5 Å². The SMILES string of the molecule is NCC1CCCCN1S(=O)(=O)NCc1nn[nH]n1. The second-order valence-electron chi connectivity index (χ2n) is 4.15. The van der Waals surface area contributed by atoms with Crippen LogP contribution in [0.3, 0.4) is 0 Å². The molecule has 10 heteroatoms. The molecule has 0 spiro atoms. The maximum absolute atomic E-state index is 12.1. The Labute approximate surface area is 105 Å². The van der Waals surface area contributed by atoms with E-state index in [1.807, 2.05) is 0 Å². The number of H-pyrrole nitrogens is 1. The van der Waals surface area contributed by atoms with E-state index < -0.39 is 10.2 Å². The quantitative estimate of drug-likeness (QED) is 0.590. The molecule has 1 unspecified atom stereocenters. The zero-order valence-corrected chi connectivity index (χ0v) is 10.7. The number of piperidine rings is 1. The Morgan fingerprint density at radius 1 is 1.50 bits per heavy atom. The van der Waals surface area contributed by atoms with E-state index in [0.29, 0.717) is 18.9 Å². The molecule has 1 aromatic heterocycles. The third-order valence-electron chi connectivity index (χ3n) is 2.96. The summed E-state index contributed by atoms with van der Waals surface area (Å²) in [6, 6.07) is -0.124. The molecule has 1 saturated heterocycles. The Kier molecular flexibility index (Phi) is 4.22. The van der Waals surface area contributed by atoms with Crippen LogP contribution in [0.1, 0.15) is 25.1 Å². The van der Waals surface area contributed by atoms with Crippen LogP contribution in [0.25, 0.3) is 0 Å². The number of hydrogen-bond donors (Lipinski definition) is 3. The molecule has 0 amide bonds. The average Bonchev–Trinajstić information content (AvgIpc) is 2.89. The van der Waals surface area contributed by atoms with Crippen molar-refractivity contribution in [3.8, 4) is 0 Å². The number of aromatic amines is 1. The van der Waals surface area contributed by atoms with E-state index in [1.165, 1.54) is 4.31 Å². The van der Waals surface area contributed by atoms with Crippen molar-refractivity contribution in [2.24, 2.45) is 5.73 Å². The Balaban J connectivity index is 2.00. The highest BCUT2D eigenvalue weighted by atomic mass is 32.2. The van der Waals surface area contributed by atoms with Crippen molar-refractivity contribution in [3.63, 3.8) is 0 Å². The lowest BCUT2D eigenvalue weighted by Gasteiger charge is -2.33. The minimum atomic E-state index is -3.54. The summed E-state index contributed by atoms with van der Waals surface area (Å²) in [7, 11) is -3.54. The first-order valence-electron chi connectivity index (χ1n) is 5.82. The van der Waals surface area contributed by atoms with Gasteiger partial charge in [-0.15, -0.1) is 10.2 Å². The Morgan fingerprint density at radius 3 is 3.00 bits per heavy atom. The summed E-state index contributed by atoms with van der Waals surface area (Å²) in [5.74, 6) is 0.305. The molecule has 1 fully saturated rings. The van der Waals surface area contributed by atoms with Gasteiger partial charge in [0.2, 0.25) is 0 Å². The molecule has 1 aromatic rings. The van der Waals surface area contributed by atoms with Crippen LogP contribution in [-0.2, 0) is 16.8 Å². The number of aromatic nitrogens is 4. The van der Waals surface area contributed by atoms with E-state index in [0.717, 1.165) is 19.3 Å². The lowest BCUT2D eigenvalue weighted by atomic mass is 10.1. The summed E-state index contributed by atoms with van der Waals surface area (Å²) in [6.45, 7) is 0.860. The van der Waals surface area contributed by atoms with Crippen molar-refractivity contribution in [1.82, 2.24) is 29.7 Å². The van der Waals surface area contributed by atoms with Crippen LogP contribution in [0.15, 0.2) is 0 Å². The van der Waals surface area contributed by atoms with Gasteiger partial charge in [0.15, 0.2) is 5.82 Å². The van der Waals surface area contributed by atoms with E-state index in [9.17, 15) is 8.42 Å². The fourth-order valence-corrected chi connectivity index (χ4v) is 3.45. The predicted molar refractivity (Wildman–Crippen MR) is 63.3 cm³/mol. The maximum atomic E-state index is 12.1. The number of nitrogens with zero attached hydrogens (tertiary/aromatic N) is 4. The lowest BCUT2D eigenvalue weighted by molar-refractivity contribution is 0.254. The minimum absolute atomic E-state index is 0.0205. The molecule has 102 valence electrons. The zero-order chi connectivity index (χ0) is 13.0. The van der Waals surface area contributed by atoms with Crippen molar-refractivity contribution in [2.75, 3.05) is 13.1 Å². The monoisotopic (exact) mass is 275 g/mol.